The van der Waals surface area contributed by atoms with Crippen molar-refractivity contribution in [3.8, 4) is 5.75 Å². The van der Waals surface area contributed by atoms with Crippen molar-refractivity contribution in [1.29, 1.82) is 0 Å². The summed E-state index contributed by atoms with van der Waals surface area (Å²) in [5, 5.41) is 8.23. The average Bonchev–Trinajstić information content (AvgIpc) is 2.89. The van der Waals surface area contributed by atoms with Crippen molar-refractivity contribution in [2.24, 2.45) is 0 Å². The minimum absolute atomic E-state index is 0.268. The number of urea groups is 1. The Kier molecular flexibility index (Phi) is 8.54. The Bertz CT molecular complexity index is 1560. The highest BCUT2D eigenvalue weighted by atomic mass is 32.2. The molecule has 0 aliphatic heterocycles. The van der Waals surface area contributed by atoms with Gasteiger partial charge in [-0.15, -0.1) is 13.2 Å². The van der Waals surface area contributed by atoms with Crippen molar-refractivity contribution in [2.45, 2.75) is 6.36 Å². The van der Waals surface area contributed by atoms with Crippen molar-refractivity contribution in [3.63, 3.8) is 0 Å². The molecule has 11 nitrogen and oxygen atoms in total. The Morgan fingerprint density at radius 3 is 2.27 bits per heavy atom. The van der Waals surface area contributed by atoms with Crippen molar-refractivity contribution < 1.29 is 31.1 Å². The molecule has 0 bridgehead atoms. The number of anilines is 7. The molecular formula is C25H22F3N7O4S. The Hall–Kier alpha value is -5.05. The number of nitrogens with zero attached hydrogens (tertiary/aromatic N) is 3. The minimum atomic E-state index is -4.80. The summed E-state index contributed by atoms with van der Waals surface area (Å²) in [6, 6.07) is 19.3. The maximum atomic E-state index is 12.4. The highest BCUT2D eigenvalue weighted by Gasteiger charge is 2.31. The van der Waals surface area contributed by atoms with Gasteiger partial charge in [0.05, 0.1) is 5.69 Å². The van der Waals surface area contributed by atoms with Crippen molar-refractivity contribution in [2.75, 3.05) is 32.6 Å². The number of hydrogen-bond acceptors (Lipinski definition) is 8. The molecule has 0 fully saturated rings. The maximum absolute atomic E-state index is 12.4. The zero-order valence-electron chi connectivity index (χ0n) is 20.6. The van der Waals surface area contributed by atoms with Gasteiger partial charge < -0.3 is 25.6 Å². The van der Waals surface area contributed by atoms with Gasteiger partial charge in [-0.25, -0.2) is 18.2 Å². The van der Waals surface area contributed by atoms with Gasteiger partial charge >= 0.3 is 12.4 Å². The van der Waals surface area contributed by atoms with Crippen LogP contribution in [0.4, 0.5) is 58.2 Å². The third-order valence-electron chi connectivity index (χ3n) is 5.16. The first-order valence-corrected chi connectivity index (χ1v) is 12.6. The summed E-state index contributed by atoms with van der Waals surface area (Å²) >= 11 is 0. The first kappa shape index (κ1) is 28.0. The van der Waals surface area contributed by atoms with Gasteiger partial charge in [0, 0.05) is 36.0 Å². The molecule has 0 radical (unpaired) electrons. The van der Waals surface area contributed by atoms with E-state index in [0.717, 1.165) is 12.1 Å². The predicted molar refractivity (Wildman–Crippen MR) is 146 cm³/mol. The van der Waals surface area contributed by atoms with E-state index in [-0.39, 0.29) is 11.6 Å². The number of carbonyl (C=O) groups is 1. The van der Waals surface area contributed by atoms with E-state index >= 15 is 0 Å². The van der Waals surface area contributed by atoms with E-state index < -0.39 is 29.0 Å². The molecule has 0 aliphatic carbocycles. The summed E-state index contributed by atoms with van der Waals surface area (Å²) in [5.74, 6) is 0.394. The van der Waals surface area contributed by atoms with E-state index in [1.807, 2.05) is 0 Å². The van der Waals surface area contributed by atoms with Crippen LogP contribution >= 0.6 is 0 Å². The Balaban J connectivity index is 1.40. The Morgan fingerprint density at radius 1 is 0.875 bits per heavy atom. The highest BCUT2D eigenvalue weighted by Crippen LogP contribution is 2.27. The predicted octanol–water partition coefficient (Wildman–Crippen LogP) is 5.47. The normalized spacial score (nSPS) is 11.0. The molecule has 4 aromatic rings. The fourth-order valence-electron chi connectivity index (χ4n) is 3.46. The number of alkyl halides is 3. The first-order valence-electron chi connectivity index (χ1n) is 11.4. The number of nitrogens with one attached hydrogen (secondary N) is 4. The summed E-state index contributed by atoms with van der Waals surface area (Å²) in [4.78, 5) is 22.9. The van der Waals surface area contributed by atoms with Crippen molar-refractivity contribution >= 4 is 57.1 Å². The fourth-order valence-corrected chi connectivity index (χ4v) is 3.81. The lowest BCUT2D eigenvalue weighted by molar-refractivity contribution is -0.274. The molecule has 208 valence electrons. The smallest absolute Gasteiger partial charge is 0.406 e. The third-order valence-corrected chi connectivity index (χ3v) is 5.60. The molecule has 0 aliphatic rings. The molecule has 1 heterocycles. The SMILES string of the molecule is CN(c1cccc(NC(=O)Nc2ccc(OC(F)(F)F)cc2)c1)c1ccnc(Nc2cccc(N[SH](=O)=O)c2)n1. The van der Waals surface area contributed by atoms with Crippen LogP contribution in [0.25, 0.3) is 0 Å². The lowest BCUT2D eigenvalue weighted by atomic mass is 10.2. The average molecular weight is 574 g/mol. The molecule has 3 aromatic carbocycles. The van der Waals surface area contributed by atoms with Gasteiger partial charge in [-0.2, -0.15) is 4.98 Å². The minimum Gasteiger partial charge on any atom is -0.406 e. The van der Waals surface area contributed by atoms with Gasteiger partial charge in [0.1, 0.15) is 11.6 Å². The van der Waals surface area contributed by atoms with Crippen LogP contribution in [0.3, 0.4) is 0 Å². The van der Waals surface area contributed by atoms with E-state index in [9.17, 15) is 26.4 Å². The maximum Gasteiger partial charge on any atom is 0.573 e. The van der Waals surface area contributed by atoms with E-state index in [0.29, 0.717) is 28.6 Å². The van der Waals surface area contributed by atoms with Crippen LogP contribution in [0.1, 0.15) is 0 Å². The van der Waals surface area contributed by atoms with Gasteiger partial charge in [0.15, 0.2) is 0 Å². The van der Waals surface area contributed by atoms with Crippen LogP contribution in [-0.2, 0) is 10.9 Å². The van der Waals surface area contributed by atoms with Crippen LogP contribution in [-0.4, -0.2) is 37.8 Å². The second-order valence-electron chi connectivity index (χ2n) is 8.07. The zero-order chi connectivity index (χ0) is 28.7. The number of thiol groups is 1. The fraction of sp³-hybridized carbons (Fsp3) is 0.0800. The molecule has 15 heteroatoms. The molecule has 0 saturated heterocycles. The molecule has 40 heavy (non-hydrogen) atoms. The highest BCUT2D eigenvalue weighted by molar-refractivity contribution is 7.73. The summed E-state index contributed by atoms with van der Waals surface area (Å²) in [6.45, 7) is 0. The van der Waals surface area contributed by atoms with Gasteiger partial charge in [0.2, 0.25) is 16.8 Å². The number of hydrogen-bond donors (Lipinski definition) is 5. The second kappa shape index (κ2) is 12.2. The Labute approximate surface area is 228 Å². The summed E-state index contributed by atoms with van der Waals surface area (Å²) in [5.41, 5.74) is 2.36. The molecule has 2 amide bonds. The molecule has 0 atom stereocenters. The summed E-state index contributed by atoms with van der Waals surface area (Å²) < 4.78 is 64.9. The van der Waals surface area contributed by atoms with Gasteiger partial charge in [-0.3, -0.25) is 4.72 Å². The second-order valence-corrected chi connectivity index (χ2v) is 8.81. The number of ether oxygens (including phenoxy) is 1. The summed E-state index contributed by atoms with van der Waals surface area (Å²) in [6.07, 6.45) is -3.25. The topological polar surface area (TPSA) is 138 Å². The molecule has 4 rings (SSSR count). The number of halogens is 3. The number of aromatic nitrogens is 2. The van der Waals surface area contributed by atoms with Crippen LogP contribution in [0, 0.1) is 0 Å². The molecule has 0 saturated carbocycles. The lowest BCUT2D eigenvalue weighted by Gasteiger charge is -2.20. The number of carbonyl (C=O) groups excluding carboxylic acids is 1. The molecule has 0 unspecified atom stereocenters. The van der Waals surface area contributed by atoms with E-state index in [4.69, 9.17) is 0 Å². The monoisotopic (exact) mass is 573 g/mol. The molecule has 0 spiro atoms. The number of benzene rings is 3. The molecular weight excluding hydrogens is 551 g/mol. The van der Waals surface area contributed by atoms with Crippen LogP contribution in [0.5, 0.6) is 5.75 Å². The Morgan fingerprint density at radius 2 is 1.55 bits per heavy atom. The van der Waals surface area contributed by atoms with Gasteiger partial charge in [-0.05, 0) is 66.7 Å². The van der Waals surface area contributed by atoms with Crippen LogP contribution in [0.2, 0.25) is 0 Å². The number of rotatable bonds is 9. The van der Waals surface area contributed by atoms with Gasteiger partial charge in [0.25, 0.3) is 0 Å². The van der Waals surface area contributed by atoms with Crippen LogP contribution < -0.4 is 30.3 Å². The standard InChI is InChI=1S/C25H22F3N7O4S/c1-35(22-12-13-29-23(33-22)30-17-4-2-6-19(14-17)34-40(37)38)20-7-3-5-18(15-20)32-24(36)31-16-8-10-21(11-9-16)39-25(26,27)28/h2-15,40H,1H3,(H,29,30,33)(H2,31,32,36)(H,34,37,38). The largest absolute Gasteiger partial charge is 0.573 e. The van der Waals surface area contributed by atoms with Crippen molar-refractivity contribution in [3.05, 3.63) is 85.1 Å². The quantitative estimate of drug-likeness (QED) is 0.166. The molecule has 1 aromatic heterocycles. The zero-order valence-corrected chi connectivity index (χ0v) is 21.5. The van der Waals surface area contributed by atoms with Gasteiger partial charge in [-0.1, -0.05) is 12.1 Å². The van der Waals surface area contributed by atoms with E-state index in [2.05, 4.69) is 35.4 Å². The number of amides is 2. The van der Waals surface area contributed by atoms with E-state index in [1.54, 1.807) is 72.7 Å². The van der Waals surface area contributed by atoms with Crippen molar-refractivity contribution in [1.82, 2.24) is 9.97 Å². The lowest BCUT2D eigenvalue weighted by Crippen LogP contribution is -2.20. The first-order chi connectivity index (χ1) is 19.0. The summed E-state index contributed by atoms with van der Waals surface area (Å²) in [7, 11) is -1.03. The van der Waals surface area contributed by atoms with Crippen LogP contribution in [0.15, 0.2) is 85.1 Å². The third kappa shape index (κ3) is 8.22. The molecule has 4 N–H and O–H groups in total. The van der Waals surface area contributed by atoms with E-state index in [1.165, 1.54) is 12.1 Å².